The van der Waals surface area contributed by atoms with Crippen molar-refractivity contribution < 1.29 is 19.1 Å². The molecule has 1 atom stereocenters. The van der Waals surface area contributed by atoms with E-state index >= 15 is 0 Å². The summed E-state index contributed by atoms with van der Waals surface area (Å²) in [5, 5.41) is 1.66. The number of thioether (sulfide) groups is 1. The van der Waals surface area contributed by atoms with Gasteiger partial charge in [-0.2, -0.15) is 0 Å². The fourth-order valence-electron chi connectivity index (χ4n) is 5.06. The van der Waals surface area contributed by atoms with Crippen molar-refractivity contribution in [2.75, 3.05) is 18.0 Å². The summed E-state index contributed by atoms with van der Waals surface area (Å²) in [5.74, 6) is 2.87. The number of ether oxygens (including phenoxy) is 2. The minimum atomic E-state index is -0.378. The number of imide groups is 1. The molecule has 0 bridgehead atoms. The van der Waals surface area contributed by atoms with E-state index in [1.54, 1.807) is 0 Å². The van der Waals surface area contributed by atoms with Crippen LogP contribution in [0.25, 0.3) is 11.0 Å². The predicted molar refractivity (Wildman–Crippen MR) is 153 cm³/mol. The number of nitrogens with one attached hydrogen (secondary N) is 1. The van der Waals surface area contributed by atoms with Crippen molar-refractivity contribution in [3.63, 3.8) is 0 Å². The Kier molecular flexibility index (Phi) is 7.15. The first-order valence-corrected chi connectivity index (χ1v) is 14.1. The van der Waals surface area contributed by atoms with Crippen LogP contribution >= 0.6 is 11.8 Å². The van der Waals surface area contributed by atoms with Crippen LogP contribution < -0.4 is 19.7 Å². The van der Waals surface area contributed by atoms with Crippen molar-refractivity contribution in [2.45, 2.75) is 37.5 Å². The zero-order valence-corrected chi connectivity index (χ0v) is 22.6. The highest BCUT2D eigenvalue weighted by Crippen LogP contribution is 2.30. The first kappa shape index (κ1) is 25.3. The Balaban J connectivity index is 1.10. The smallest absolute Gasteiger partial charge is 0.286 e. The molecule has 4 aromatic rings. The maximum atomic E-state index is 11.8. The number of hydrogen-bond acceptors (Lipinski definition) is 7. The molecule has 2 fully saturated rings. The third kappa shape index (κ3) is 5.73. The topological polar surface area (TPSA) is 85.7 Å². The third-order valence-corrected chi connectivity index (χ3v) is 8.18. The maximum absolute atomic E-state index is 11.8. The second kappa shape index (κ2) is 11.0. The molecule has 1 aromatic heterocycles. The van der Waals surface area contributed by atoms with Gasteiger partial charge in [0.25, 0.3) is 5.24 Å². The Bertz CT molecular complexity index is 1510. The maximum Gasteiger partial charge on any atom is 0.286 e. The number of imidazole rings is 1. The van der Waals surface area contributed by atoms with E-state index in [-0.39, 0.29) is 16.4 Å². The molecule has 0 radical (unpaired) electrons. The molecule has 6 rings (SSSR count). The van der Waals surface area contributed by atoms with Crippen molar-refractivity contribution in [1.29, 1.82) is 0 Å². The van der Waals surface area contributed by atoms with Crippen LogP contribution in [0.4, 0.5) is 10.5 Å². The van der Waals surface area contributed by atoms with Crippen molar-refractivity contribution >= 4 is 39.6 Å². The average molecular weight is 543 g/mol. The normalized spacial score (nSPS) is 17.5. The van der Waals surface area contributed by atoms with Crippen molar-refractivity contribution in [3.8, 4) is 17.2 Å². The molecule has 3 aromatic carbocycles. The Morgan fingerprint density at radius 3 is 2.49 bits per heavy atom. The molecule has 200 valence electrons. The zero-order valence-electron chi connectivity index (χ0n) is 21.8. The third-order valence-electron chi connectivity index (χ3n) is 7.20. The molecule has 2 saturated heterocycles. The lowest BCUT2D eigenvalue weighted by Gasteiger charge is -2.29. The molecule has 0 aliphatic carbocycles. The molecule has 3 heterocycles. The van der Waals surface area contributed by atoms with Crippen LogP contribution in [0.3, 0.4) is 0 Å². The van der Waals surface area contributed by atoms with Gasteiger partial charge in [0.2, 0.25) is 5.91 Å². The summed E-state index contributed by atoms with van der Waals surface area (Å²) in [7, 11) is 1.98. The molecule has 0 spiro atoms. The van der Waals surface area contributed by atoms with Crippen LogP contribution in [0.2, 0.25) is 0 Å². The predicted octanol–water partition coefficient (Wildman–Crippen LogP) is 5.83. The van der Waals surface area contributed by atoms with Crippen LogP contribution in [-0.2, 0) is 24.9 Å². The number of aryl methyl sites for hydroxylation is 1. The molecule has 8 nitrogen and oxygen atoms in total. The van der Waals surface area contributed by atoms with Crippen LogP contribution in [0.5, 0.6) is 17.2 Å². The van der Waals surface area contributed by atoms with Gasteiger partial charge in [-0.1, -0.05) is 30.0 Å². The molecular formula is C30H30N4O4S. The standard InChI is InChI=1S/C30H30N4O4S/c1-33-26-18-24(38-23-7-5-6-21(17-23)34-14-3-2-4-15-34)12-13-25(26)31-28(33)19-37-22-10-8-20(9-11-22)16-27-29(35)32-30(36)39-27/h5-13,17-18,27H,2-4,14-16,19H2,1H3,(H,32,35,36). The summed E-state index contributed by atoms with van der Waals surface area (Å²) in [5.41, 5.74) is 4.03. The number of carbonyl (C=O) groups excluding carboxylic acids is 2. The summed E-state index contributed by atoms with van der Waals surface area (Å²) >= 11 is 1.04. The second-order valence-electron chi connectivity index (χ2n) is 9.90. The Morgan fingerprint density at radius 1 is 0.949 bits per heavy atom. The SMILES string of the molecule is Cn1c(COc2ccc(CC3SC(=O)NC3=O)cc2)nc2ccc(Oc3cccc(N4CCCCC4)c3)cc21. The second-order valence-corrected chi connectivity index (χ2v) is 11.1. The lowest BCUT2D eigenvalue weighted by molar-refractivity contribution is -0.118. The van der Waals surface area contributed by atoms with E-state index in [4.69, 9.17) is 14.5 Å². The number of aromatic nitrogens is 2. The Hall–Kier alpha value is -3.98. The molecule has 1 N–H and O–H groups in total. The van der Waals surface area contributed by atoms with E-state index in [0.29, 0.717) is 18.8 Å². The van der Waals surface area contributed by atoms with Gasteiger partial charge in [0, 0.05) is 38.0 Å². The summed E-state index contributed by atoms with van der Waals surface area (Å²) in [6.45, 7) is 2.51. The minimum absolute atomic E-state index is 0.230. The van der Waals surface area contributed by atoms with E-state index in [0.717, 1.165) is 58.8 Å². The molecule has 2 aliphatic heterocycles. The van der Waals surface area contributed by atoms with Gasteiger partial charge in [0.15, 0.2) is 0 Å². The molecule has 39 heavy (non-hydrogen) atoms. The van der Waals surface area contributed by atoms with Crippen LogP contribution in [0.1, 0.15) is 30.7 Å². The highest BCUT2D eigenvalue weighted by molar-refractivity contribution is 8.15. The molecule has 2 amide bonds. The van der Waals surface area contributed by atoms with Crippen LogP contribution in [0.15, 0.2) is 66.7 Å². The lowest BCUT2D eigenvalue weighted by Crippen LogP contribution is -2.29. The van der Waals surface area contributed by atoms with Crippen molar-refractivity contribution in [1.82, 2.24) is 14.9 Å². The monoisotopic (exact) mass is 542 g/mol. The largest absolute Gasteiger partial charge is 0.486 e. The van der Waals surface area contributed by atoms with Gasteiger partial charge >= 0.3 is 0 Å². The van der Waals surface area contributed by atoms with E-state index in [1.807, 2.05) is 60.1 Å². The van der Waals surface area contributed by atoms with Gasteiger partial charge in [0.05, 0.1) is 16.3 Å². The number of rotatable bonds is 8. The van der Waals surface area contributed by atoms with Gasteiger partial charge in [-0.3, -0.25) is 14.9 Å². The minimum Gasteiger partial charge on any atom is -0.486 e. The highest BCUT2D eigenvalue weighted by Gasteiger charge is 2.31. The van der Waals surface area contributed by atoms with E-state index < -0.39 is 0 Å². The lowest BCUT2D eigenvalue weighted by atomic mass is 10.1. The number of fused-ring (bicyclic) bond motifs is 1. The number of carbonyl (C=O) groups is 2. The van der Waals surface area contributed by atoms with Crippen LogP contribution in [-0.4, -0.2) is 39.0 Å². The summed E-state index contributed by atoms with van der Waals surface area (Å²) in [4.78, 5) is 30.4. The number of benzene rings is 3. The number of anilines is 1. The van der Waals surface area contributed by atoms with Gasteiger partial charge in [-0.15, -0.1) is 0 Å². The zero-order chi connectivity index (χ0) is 26.8. The Labute approximate surface area is 231 Å². The van der Waals surface area contributed by atoms with Gasteiger partial charge in [0.1, 0.15) is 29.7 Å². The summed E-state index contributed by atoms with van der Waals surface area (Å²) in [6.07, 6.45) is 4.28. The quantitative estimate of drug-likeness (QED) is 0.300. The highest BCUT2D eigenvalue weighted by atomic mass is 32.2. The number of nitrogens with zero attached hydrogens (tertiary/aromatic N) is 3. The van der Waals surface area contributed by atoms with Gasteiger partial charge in [-0.25, -0.2) is 4.98 Å². The first-order chi connectivity index (χ1) is 19.0. The molecule has 1 unspecified atom stereocenters. The number of piperidine rings is 1. The number of hydrogen-bond donors (Lipinski definition) is 1. The Morgan fingerprint density at radius 2 is 1.72 bits per heavy atom. The van der Waals surface area contributed by atoms with Crippen molar-refractivity contribution in [2.24, 2.45) is 7.05 Å². The van der Waals surface area contributed by atoms with Crippen LogP contribution in [0, 0.1) is 0 Å². The molecule has 9 heteroatoms. The average Bonchev–Trinajstić information content (AvgIpc) is 3.45. The molecule has 0 saturated carbocycles. The first-order valence-electron chi connectivity index (χ1n) is 13.2. The van der Waals surface area contributed by atoms with Crippen molar-refractivity contribution in [3.05, 3.63) is 78.1 Å². The van der Waals surface area contributed by atoms with E-state index in [9.17, 15) is 9.59 Å². The summed E-state index contributed by atoms with van der Waals surface area (Å²) in [6, 6.07) is 21.8. The molecular weight excluding hydrogens is 512 g/mol. The fourth-order valence-corrected chi connectivity index (χ4v) is 5.92. The van der Waals surface area contributed by atoms with E-state index in [1.165, 1.54) is 24.9 Å². The van der Waals surface area contributed by atoms with E-state index in [2.05, 4.69) is 28.4 Å². The fraction of sp³-hybridized carbons (Fsp3) is 0.300. The van der Waals surface area contributed by atoms with Gasteiger partial charge in [-0.05, 0) is 67.6 Å². The number of amides is 2. The summed E-state index contributed by atoms with van der Waals surface area (Å²) < 4.78 is 14.3. The molecule has 2 aliphatic rings. The van der Waals surface area contributed by atoms with Gasteiger partial charge < -0.3 is 18.9 Å².